The number of allylic oxidation sites excluding steroid dienone is 18. The van der Waals surface area contributed by atoms with Crippen molar-refractivity contribution in [3.05, 3.63) is 109 Å². The Bertz CT molecular complexity index is 1570. The van der Waals surface area contributed by atoms with E-state index in [9.17, 15) is 14.7 Å². The normalized spacial score (nSPS) is 12.9. The largest absolute Gasteiger partial charge is 0.462 e. The van der Waals surface area contributed by atoms with Crippen molar-refractivity contribution in [3.8, 4) is 0 Å². The van der Waals surface area contributed by atoms with Crippen LogP contribution in [0.2, 0.25) is 0 Å². The van der Waals surface area contributed by atoms with Gasteiger partial charge in [0.2, 0.25) is 0 Å². The maximum absolute atomic E-state index is 12.4. The van der Waals surface area contributed by atoms with Crippen molar-refractivity contribution < 1.29 is 24.2 Å². The van der Waals surface area contributed by atoms with Crippen LogP contribution in [-0.2, 0) is 19.1 Å². The lowest BCUT2D eigenvalue weighted by molar-refractivity contribution is -0.161. The van der Waals surface area contributed by atoms with Crippen LogP contribution in [0.15, 0.2) is 109 Å². The molecule has 0 aromatic carbocycles. The van der Waals surface area contributed by atoms with Gasteiger partial charge in [0.25, 0.3) is 0 Å². The van der Waals surface area contributed by atoms with E-state index in [1.54, 1.807) is 0 Å². The number of esters is 2. The first-order valence-corrected chi connectivity index (χ1v) is 35.4. The lowest BCUT2D eigenvalue weighted by atomic mass is 10.0. The van der Waals surface area contributed by atoms with Gasteiger partial charge in [0.15, 0.2) is 6.10 Å². The monoisotopic (exact) mass is 1140 g/mol. The van der Waals surface area contributed by atoms with Crippen molar-refractivity contribution >= 4 is 11.9 Å². The summed E-state index contributed by atoms with van der Waals surface area (Å²) in [5.41, 5.74) is 0. The fraction of sp³-hybridized carbons (Fsp3) is 0.740. The van der Waals surface area contributed by atoms with Crippen LogP contribution in [0.1, 0.15) is 348 Å². The van der Waals surface area contributed by atoms with Gasteiger partial charge in [-0.15, -0.1) is 0 Å². The van der Waals surface area contributed by atoms with Crippen molar-refractivity contribution in [3.63, 3.8) is 0 Å². The molecule has 0 aromatic rings. The van der Waals surface area contributed by atoms with E-state index in [4.69, 9.17) is 9.47 Å². The molecule has 0 saturated carbocycles. The minimum atomic E-state index is -0.776. The first-order chi connectivity index (χ1) is 40.6. The number of aliphatic hydroxyl groups excluding tert-OH is 1. The second kappa shape index (κ2) is 71.8. The minimum Gasteiger partial charge on any atom is -0.462 e. The van der Waals surface area contributed by atoms with Gasteiger partial charge in [-0.05, 0) is 103 Å². The molecule has 0 aromatic heterocycles. The maximum atomic E-state index is 12.4. The number of unbranched alkanes of at least 4 members (excludes halogenated alkanes) is 39. The minimum absolute atomic E-state index is 0.0653. The molecule has 1 unspecified atom stereocenters. The highest BCUT2D eigenvalue weighted by Gasteiger charge is 2.16. The topological polar surface area (TPSA) is 72.8 Å². The SMILES string of the molecule is CC/C=C\C/C=C\C/C=C\C/C=C\C/C=C\C/C=C\C/C=C\CCCCCCCCCCCCCCCCCCCC(=O)OC(CO)COC(=O)CCCCCCCCCCCCCCCCCCC/C=C\C/C=C\CCCCCCC. The molecule has 5 heteroatoms. The number of carbonyl (C=O) groups is 2. The van der Waals surface area contributed by atoms with Gasteiger partial charge in [-0.25, -0.2) is 0 Å². The van der Waals surface area contributed by atoms with Crippen LogP contribution in [-0.4, -0.2) is 36.4 Å². The fourth-order valence-electron chi connectivity index (χ4n) is 10.3. The summed E-state index contributed by atoms with van der Waals surface area (Å²) in [4.78, 5) is 24.7. The van der Waals surface area contributed by atoms with Gasteiger partial charge in [-0.3, -0.25) is 9.59 Å². The Balaban J connectivity index is 3.45. The Kier molecular flexibility index (Phi) is 68.8. The standard InChI is InChI=1S/C77H134O5/c1-3-5-7-9-11-13-15-17-19-21-23-25-27-29-31-33-34-35-36-37-38-39-40-41-42-44-46-48-50-52-54-56-58-60-62-64-66-68-70-72-77(80)82-75(73-78)74-81-76(79)71-69-67-65-63-61-59-57-55-53-51-49-47-45-43-32-30-28-26-24-22-20-18-16-14-12-10-8-6-4-2/h5,7,11,13,16-19,22-25,29,31,34-35,37-38,75,78H,3-4,6,8-10,12,14-15,20-21,26-28,30,32-33,36,39-74H2,1-2H3/b7-5-,13-11-,18-16-,19-17-,24-22-,25-23-,31-29-,35-34-,38-37-. The van der Waals surface area contributed by atoms with Crippen LogP contribution in [0.5, 0.6) is 0 Å². The highest BCUT2D eigenvalue weighted by atomic mass is 16.6. The van der Waals surface area contributed by atoms with E-state index in [1.165, 1.54) is 231 Å². The zero-order valence-corrected chi connectivity index (χ0v) is 54.2. The predicted molar refractivity (Wildman–Crippen MR) is 362 cm³/mol. The van der Waals surface area contributed by atoms with Gasteiger partial charge < -0.3 is 14.6 Å². The zero-order chi connectivity index (χ0) is 59.1. The van der Waals surface area contributed by atoms with Gasteiger partial charge in [-0.2, -0.15) is 0 Å². The summed E-state index contributed by atoms with van der Waals surface area (Å²) >= 11 is 0. The second-order valence-electron chi connectivity index (χ2n) is 23.6. The number of hydrogen-bond donors (Lipinski definition) is 1. The summed E-state index contributed by atoms with van der Waals surface area (Å²) in [6.45, 7) is 4.05. The summed E-state index contributed by atoms with van der Waals surface area (Å²) in [5, 5.41) is 9.71. The Labute approximate surface area is 510 Å². The molecular weight excluding hydrogens is 1000 g/mol. The molecule has 1 N–H and O–H groups in total. The van der Waals surface area contributed by atoms with Crippen molar-refractivity contribution in [2.24, 2.45) is 0 Å². The van der Waals surface area contributed by atoms with Crippen molar-refractivity contribution in [2.45, 2.75) is 354 Å². The molecule has 0 heterocycles. The fourth-order valence-corrected chi connectivity index (χ4v) is 10.3. The molecule has 0 aliphatic rings. The lowest BCUT2D eigenvalue weighted by Crippen LogP contribution is -2.28. The van der Waals surface area contributed by atoms with Crippen molar-refractivity contribution in [1.82, 2.24) is 0 Å². The van der Waals surface area contributed by atoms with Crippen LogP contribution >= 0.6 is 0 Å². The van der Waals surface area contributed by atoms with Gasteiger partial charge >= 0.3 is 11.9 Å². The molecule has 5 nitrogen and oxygen atoms in total. The third-order valence-electron chi connectivity index (χ3n) is 15.6. The Morgan fingerprint density at radius 3 is 0.793 bits per heavy atom. The Morgan fingerprint density at radius 1 is 0.293 bits per heavy atom. The smallest absolute Gasteiger partial charge is 0.306 e. The van der Waals surface area contributed by atoms with E-state index in [2.05, 4.69) is 123 Å². The van der Waals surface area contributed by atoms with Crippen LogP contribution in [0.4, 0.5) is 0 Å². The molecule has 472 valence electrons. The number of hydrogen-bond acceptors (Lipinski definition) is 5. The third-order valence-corrected chi connectivity index (χ3v) is 15.6. The Hall–Kier alpha value is -3.44. The molecule has 0 bridgehead atoms. The molecular formula is C77H134O5. The maximum Gasteiger partial charge on any atom is 0.306 e. The second-order valence-corrected chi connectivity index (χ2v) is 23.6. The van der Waals surface area contributed by atoms with E-state index in [-0.39, 0.29) is 25.2 Å². The van der Waals surface area contributed by atoms with E-state index < -0.39 is 6.10 Å². The van der Waals surface area contributed by atoms with E-state index in [0.29, 0.717) is 12.8 Å². The van der Waals surface area contributed by atoms with Crippen molar-refractivity contribution in [2.75, 3.05) is 13.2 Å². The van der Waals surface area contributed by atoms with Gasteiger partial charge in [0.05, 0.1) is 6.61 Å². The van der Waals surface area contributed by atoms with Crippen LogP contribution < -0.4 is 0 Å². The number of ether oxygens (including phenoxy) is 2. The Morgan fingerprint density at radius 2 is 0.524 bits per heavy atom. The first kappa shape index (κ1) is 78.6. The molecule has 0 rings (SSSR count). The number of rotatable bonds is 65. The third kappa shape index (κ3) is 69.1. The van der Waals surface area contributed by atoms with Gasteiger partial charge in [0.1, 0.15) is 6.61 Å². The average molecular weight is 1140 g/mol. The van der Waals surface area contributed by atoms with Crippen LogP contribution in [0, 0.1) is 0 Å². The predicted octanol–water partition coefficient (Wildman–Crippen LogP) is 24.8. The summed E-state index contributed by atoms with van der Waals surface area (Å²) in [6, 6.07) is 0. The molecule has 0 aliphatic heterocycles. The molecule has 0 fully saturated rings. The molecule has 1 atom stereocenters. The van der Waals surface area contributed by atoms with Crippen LogP contribution in [0.3, 0.4) is 0 Å². The van der Waals surface area contributed by atoms with Gasteiger partial charge in [-0.1, -0.05) is 342 Å². The van der Waals surface area contributed by atoms with E-state index in [1.807, 2.05) is 0 Å². The molecule has 0 radical (unpaired) electrons. The summed E-state index contributed by atoms with van der Waals surface area (Å²) < 4.78 is 10.8. The number of aliphatic hydroxyl groups is 1. The summed E-state index contributed by atoms with van der Waals surface area (Å²) in [6.07, 6.45) is 104. The van der Waals surface area contributed by atoms with Crippen molar-refractivity contribution in [1.29, 1.82) is 0 Å². The average Bonchev–Trinajstić information content (AvgIpc) is 3.49. The molecule has 82 heavy (non-hydrogen) atoms. The highest BCUT2D eigenvalue weighted by Crippen LogP contribution is 2.18. The quantitative estimate of drug-likeness (QED) is 0.0373. The molecule has 0 saturated heterocycles. The lowest BCUT2D eigenvalue weighted by Gasteiger charge is -2.15. The zero-order valence-electron chi connectivity index (χ0n) is 54.2. The van der Waals surface area contributed by atoms with E-state index >= 15 is 0 Å². The number of carbonyl (C=O) groups excluding carboxylic acids is 2. The molecule has 0 spiro atoms. The van der Waals surface area contributed by atoms with Crippen LogP contribution in [0.25, 0.3) is 0 Å². The van der Waals surface area contributed by atoms with Gasteiger partial charge in [0, 0.05) is 12.8 Å². The first-order valence-electron chi connectivity index (χ1n) is 35.4. The van der Waals surface area contributed by atoms with E-state index in [0.717, 1.165) is 89.9 Å². The molecule has 0 amide bonds. The summed E-state index contributed by atoms with van der Waals surface area (Å²) in [7, 11) is 0. The molecule has 0 aliphatic carbocycles. The highest BCUT2D eigenvalue weighted by molar-refractivity contribution is 5.70. The summed E-state index contributed by atoms with van der Waals surface area (Å²) in [5.74, 6) is -0.577.